The summed E-state index contributed by atoms with van der Waals surface area (Å²) in [7, 11) is 0. The van der Waals surface area contributed by atoms with Gasteiger partial charge in [-0.05, 0) is 55.2 Å². The quantitative estimate of drug-likeness (QED) is 0.446. The molecule has 1 amide bonds. The average molecular weight is 418 g/mol. The maximum atomic E-state index is 12.9. The van der Waals surface area contributed by atoms with E-state index >= 15 is 0 Å². The van der Waals surface area contributed by atoms with Crippen molar-refractivity contribution in [2.24, 2.45) is 0 Å². The second-order valence-corrected chi connectivity index (χ2v) is 7.84. The summed E-state index contributed by atoms with van der Waals surface area (Å²) in [4.78, 5) is 12.9. The predicted octanol–water partition coefficient (Wildman–Crippen LogP) is 6.28. The molecule has 4 heteroatoms. The summed E-state index contributed by atoms with van der Waals surface area (Å²) in [5, 5.41) is 3.07. The Labute approximate surface area is 185 Å². The van der Waals surface area contributed by atoms with E-state index in [1.54, 1.807) is 6.07 Å². The van der Waals surface area contributed by atoms with E-state index < -0.39 is 0 Å². The van der Waals surface area contributed by atoms with Gasteiger partial charge in [0.05, 0.1) is 12.6 Å². The molecule has 0 saturated carbocycles. The normalized spacial score (nSPS) is 11.8. The van der Waals surface area contributed by atoms with Crippen LogP contribution >= 0.6 is 0 Å². The molecule has 1 atom stereocenters. The summed E-state index contributed by atoms with van der Waals surface area (Å²) in [6.45, 7) is 9.09. The van der Waals surface area contributed by atoms with Crippen molar-refractivity contribution >= 4 is 5.91 Å². The van der Waals surface area contributed by atoms with Gasteiger partial charge in [-0.15, -0.1) is 0 Å². The number of hydrogen-bond acceptors (Lipinski definition) is 3. The minimum absolute atomic E-state index is 0.0853. The molecule has 162 valence electrons. The molecule has 3 aromatic carbocycles. The standard InChI is InChI=1S/C27H31NO3/c1-5-30-25-16-15-22(27(29)28-20(4)21-11-7-6-8-12-21)17-23(25)18-31-26-14-10-9-13-24(26)19(2)3/h6-17,19-20H,5,18H2,1-4H3,(H,28,29)/t20-/m1/s1. The lowest BCUT2D eigenvalue weighted by Gasteiger charge is -2.17. The number of ether oxygens (including phenoxy) is 2. The molecule has 0 saturated heterocycles. The van der Waals surface area contributed by atoms with Crippen LogP contribution in [0.1, 0.15) is 66.7 Å². The van der Waals surface area contributed by atoms with Gasteiger partial charge < -0.3 is 14.8 Å². The van der Waals surface area contributed by atoms with Crippen LogP contribution in [0.25, 0.3) is 0 Å². The highest BCUT2D eigenvalue weighted by Crippen LogP contribution is 2.28. The Morgan fingerprint density at radius 3 is 2.29 bits per heavy atom. The van der Waals surface area contributed by atoms with Crippen LogP contribution in [0.15, 0.2) is 72.8 Å². The zero-order chi connectivity index (χ0) is 22.2. The van der Waals surface area contributed by atoms with Gasteiger partial charge in [-0.2, -0.15) is 0 Å². The summed E-state index contributed by atoms with van der Waals surface area (Å²) in [6, 6.07) is 23.4. The highest BCUT2D eigenvalue weighted by atomic mass is 16.5. The molecule has 0 fully saturated rings. The first-order valence-electron chi connectivity index (χ1n) is 10.8. The van der Waals surface area contributed by atoms with Crippen molar-refractivity contribution in [3.05, 3.63) is 95.1 Å². The third-order valence-corrected chi connectivity index (χ3v) is 5.19. The molecular weight excluding hydrogens is 386 g/mol. The molecule has 31 heavy (non-hydrogen) atoms. The van der Waals surface area contributed by atoms with Crippen LogP contribution in [0.4, 0.5) is 0 Å². The number of carbonyl (C=O) groups is 1. The lowest BCUT2D eigenvalue weighted by atomic mass is 10.0. The van der Waals surface area contributed by atoms with Crippen LogP contribution in [0.3, 0.4) is 0 Å². The minimum Gasteiger partial charge on any atom is -0.493 e. The topological polar surface area (TPSA) is 47.6 Å². The zero-order valence-corrected chi connectivity index (χ0v) is 18.7. The first-order chi connectivity index (χ1) is 15.0. The van der Waals surface area contributed by atoms with Crippen LogP contribution in [0.5, 0.6) is 11.5 Å². The van der Waals surface area contributed by atoms with E-state index in [9.17, 15) is 4.79 Å². The van der Waals surface area contributed by atoms with E-state index in [0.717, 1.165) is 28.2 Å². The van der Waals surface area contributed by atoms with Crippen molar-refractivity contribution in [2.75, 3.05) is 6.61 Å². The fraction of sp³-hybridized carbons (Fsp3) is 0.296. The molecule has 3 rings (SSSR count). The van der Waals surface area contributed by atoms with Gasteiger partial charge in [-0.25, -0.2) is 0 Å². The van der Waals surface area contributed by atoms with E-state index in [4.69, 9.17) is 9.47 Å². The number of carbonyl (C=O) groups excluding carboxylic acids is 1. The average Bonchev–Trinajstić information content (AvgIpc) is 2.79. The maximum Gasteiger partial charge on any atom is 0.251 e. The molecule has 0 spiro atoms. The molecule has 0 unspecified atom stereocenters. The van der Waals surface area contributed by atoms with Gasteiger partial charge in [-0.3, -0.25) is 4.79 Å². The molecule has 1 N–H and O–H groups in total. The number of amides is 1. The fourth-order valence-corrected chi connectivity index (χ4v) is 3.48. The van der Waals surface area contributed by atoms with Crippen molar-refractivity contribution in [1.82, 2.24) is 5.32 Å². The minimum atomic E-state index is -0.122. The largest absolute Gasteiger partial charge is 0.493 e. The second-order valence-electron chi connectivity index (χ2n) is 7.84. The molecule has 0 bridgehead atoms. The number of rotatable bonds is 9. The highest BCUT2D eigenvalue weighted by Gasteiger charge is 2.15. The summed E-state index contributed by atoms with van der Waals surface area (Å²) < 4.78 is 11.9. The molecule has 0 aliphatic rings. The van der Waals surface area contributed by atoms with E-state index in [-0.39, 0.29) is 11.9 Å². The highest BCUT2D eigenvalue weighted by molar-refractivity contribution is 5.94. The van der Waals surface area contributed by atoms with Crippen LogP contribution in [-0.2, 0) is 6.61 Å². The van der Waals surface area contributed by atoms with Crippen LogP contribution in [-0.4, -0.2) is 12.5 Å². The van der Waals surface area contributed by atoms with Gasteiger partial charge in [0.15, 0.2) is 0 Å². The molecule has 0 radical (unpaired) electrons. The molecule has 3 aromatic rings. The fourth-order valence-electron chi connectivity index (χ4n) is 3.48. The third kappa shape index (κ3) is 5.88. The van der Waals surface area contributed by atoms with Crippen molar-refractivity contribution in [3.8, 4) is 11.5 Å². The van der Waals surface area contributed by atoms with Crippen LogP contribution in [0, 0.1) is 0 Å². The Morgan fingerprint density at radius 2 is 1.58 bits per heavy atom. The van der Waals surface area contributed by atoms with Crippen molar-refractivity contribution in [1.29, 1.82) is 0 Å². The van der Waals surface area contributed by atoms with Gasteiger partial charge in [-0.1, -0.05) is 62.4 Å². The van der Waals surface area contributed by atoms with Gasteiger partial charge in [0.25, 0.3) is 5.91 Å². The van der Waals surface area contributed by atoms with Crippen molar-refractivity contribution < 1.29 is 14.3 Å². The Kier molecular flexibility index (Phi) is 7.71. The van der Waals surface area contributed by atoms with E-state index in [2.05, 4.69) is 25.2 Å². The van der Waals surface area contributed by atoms with Gasteiger partial charge >= 0.3 is 0 Å². The summed E-state index contributed by atoms with van der Waals surface area (Å²) in [6.07, 6.45) is 0. The number of nitrogens with one attached hydrogen (secondary N) is 1. The molecule has 0 aromatic heterocycles. The smallest absolute Gasteiger partial charge is 0.251 e. The predicted molar refractivity (Wildman–Crippen MR) is 125 cm³/mol. The number of benzene rings is 3. The lowest BCUT2D eigenvalue weighted by Crippen LogP contribution is -2.26. The molecule has 0 aliphatic carbocycles. The second kappa shape index (κ2) is 10.7. The van der Waals surface area contributed by atoms with E-state index in [1.807, 2.05) is 74.5 Å². The summed E-state index contributed by atoms with van der Waals surface area (Å²) in [5.74, 6) is 1.83. The van der Waals surface area contributed by atoms with E-state index in [0.29, 0.717) is 24.7 Å². The lowest BCUT2D eigenvalue weighted by molar-refractivity contribution is 0.0939. The first-order valence-corrected chi connectivity index (χ1v) is 10.8. The summed E-state index contributed by atoms with van der Waals surface area (Å²) in [5.41, 5.74) is 3.66. The third-order valence-electron chi connectivity index (χ3n) is 5.19. The maximum absolute atomic E-state index is 12.9. The molecule has 0 heterocycles. The van der Waals surface area contributed by atoms with Crippen molar-refractivity contribution in [2.45, 2.75) is 46.3 Å². The Balaban J connectivity index is 1.78. The van der Waals surface area contributed by atoms with Gasteiger partial charge in [0, 0.05) is 11.1 Å². The summed E-state index contributed by atoms with van der Waals surface area (Å²) >= 11 is 0. The van der Waals surface area contributed by atoms with Crippen LogP contribution < -0.4 is 14.8 Å². The number of para-hydroxylation sites is 1. The monoisotopic (exact) mass is 417 g/mol. The first kappa shape index (κ1) is 22.4. The van der Waals surface area contributed by atoms with Crippen LogP contribution in [0.2, 0.25) is 0 Å². The molecule has 0 aliphatic heterocycles. The Morgan fingerprint density at radius 1 is 0.871 bits per heavy atom. The van der Waals surface area contributed by atoms with E-state index in [1.165, 1.54) is 0 Å². The zero-order valence-electron chi connectivity index (χ0n) is 18.7. The Bertz CT molecular complexity index is 998. The SMILES string of the molecule is CCOc1ccc(C(=O)N[C@H](C)c2ccccc2)cc1COc1ccccc1C(C)C. The number of hydrogen-bond donors (Lipinski definition) is 1. The molecule has 4 nitrogen and oxygen atoms in total. The van der Waals surface area contributed by atoms with Gasteiger partial charge in [0.2, 0.25) is 0 Å². The van der Waals surface area contributed by atoms with Crippen molar-refractivity contribution in [3.63, 3.8) is 0 Å². The Hall–Kier alpha value is -3.27. The van der Waals surface area contributed by atoms with Gasteiger partial charge in [0.1, 0.15) is 18.1 Å². The molecular formula is C27H31NO3.